The summed E-state index contributed by atoms with van der Waals surface area (Å²) < 4.78 is 7.32. The van der Waals surface area contributed by atoms with E-state index in [1.165, 1.54) is 0 Å². The summed E-state index contributed by atoms with van der Waals surface area (Å²) in [5.74, 6) is 0.213. The maximum absolute atomic E-state index is 12.6. The van der Waals surface area contributed by atoms with E-state index in [0.717, 1.165) is 23.7 Å². The van der Waals surface area contributed by atoms with Gasteiger partial charge in [0.15, 0.2) is 10.7 Å². The van der Waals surface area contributed by atoms with Crippen molar-refractivity contribution in [2.24, 2.45) is 0 Å². The molecule has 0 saturated carbocycles. The number of carbonyl (C=O) groups excluding carboxylic acids is 1. The van der Waals surface area contributed by atoms with Crippen LogP contribution in [0, 0.1) is 0 Å². The van der Waals surface area contributed by atoms with Gasteiger partial charge in [-0.1, -0.05) is 0 Å². The number of hydrogen-bond acceptors (Lipinski definition) is 5. The van der Waals surface area contributed by atoms with Gasteiger partial charge in [0.1, 0.15) is 0 Å². The van der Waals surface area contributed by atoms with Gasteiger partial charge in [-0.25, -0.2) is 4.98 Å². The van der Waals surface area contributed by atoms with Crippen LogP contribution in [0.1, 0.15) is 19.5 Å². The molecule has 0 spiro atoms. The van der Waals surface area contributed by atoms with Gasteiger partial charge < -0.3 is 4.74 Å². The topological polar surface area (TPSA) is 46.8 Å². The van der Waals surface area contributed by atoms with Crippen LogP contribution >= 0.6 is 11.3 Å². The van der Waals surface area contributed by atoms with Crippen molar-refractivity contribution in [3.05, 3.63) is 23.5 Å². The molecule has 0 unspecified atom stereocenters. The van der Waals surface area contributed by atoms with Crippen LogP contribution < -0.4 is 0 Å². The molecule has 3 rings (SSSR count). The number of fused-ring (bicyclic) bond motifs is 1. The highest BCUT2D eigenvalue weighted by Crippen LogP contribution is 2.20. The minimum atomic E-state index is -0.458. The molecule has 1 saturated heterocycles. The number of ketones is 1. The second kappa shape index (κ2) is 5.27. The number of Topliss-reactive ketones (excluding diaryl/α,β-unsaturated/α-hetero) is 1. The Morgan fingerprint density at radius 2 is 2.20 bits per heavy atom. The number of morpholine rings is 1. The lowest BCUT2D eigenvalue weighted by molar-refractivity contribution is -0.131. The molecule has 20 heavy (non-hydrogen) atoms. The number of ether oxygens (including phenoxy) is 1. The summed E-state index contributed by atoms with van der Waals surface area (Å²) in [4.78, 5) is 20.2. The molecule has 0 N–H and O–H groups in total. The van der Waals surface area contributed by atoms with E-state index < -0.39 is 5.54 Å². The summed E-state index contributed by atoms with van der Waals surface area (Å²) in [6.45, 7) is 7.04. The van der Waals surface area contributed by atoms with E-state index in [1.807, 2.05) is 36.0 Å². The van der Waals surface area contributed by atoms with Crippen LogP contribution in [-0.2, 0) is 16.0 Å². The van der Waals surface area contributed by atoms with Gasteiger partial charge >= 0.3 is 0 Å². The zero-order valence-electron chi connectivity index (χ0n) is 11.8. The normalized spacial score (nSPS) is 17.7. The molecule has 0 amide bonds. The van der Waals surface area contributed by atoms with Gasteiger partial charge in [-0.15, -0.1) is 11.3 Å². The third kappa shape index (κ3) is 2.51. The van der Waals surface area contributed by atoms with E-state index in [1.54, 1.807) is 11.3 Å². The number of nitrogens with zero attached hydrogens (tertiary/aromatic N) is 3. The van der Waals surface area contributed by atoms with Gasteiger partial charge in [-0.05, 0) is 13.8 Å². The minimum absolute atomic E-state index is 0.213. The van der Waals surface area contributed by atoms with Crippen LogP contribution in [0.2, 0.25) is 0 Å². The largest absolute Gasteiger partial charge is 0.379 e. The molecule has 108 valence electrons. The molecule has 1 aliphatic rings. The summed E-state index contributed by atoms with van der Waals surface area (Å²) >= 11 is 1.58. The molecule has 2 aromatic rings. The first-order chi connectivity index (χ1) is 9.57. The Balaban J connectivity index is 1.72. The molecule has 0 aliphatic carbocycles. The summed E-state index contributed by atoms with van der Waals surface area (Å²) in [5, 5.41) is 1.99. The van der Waals surface area contributed by atoms with Crippen LogP contribution in [0.5, 0.6) is 0 Å². The quantitative estimate of drug-likeness (QED) is 0.859. The van der Waals surface area contributed by atoms with Gasteiger partial charge in [0.2, 0.25) is 0 Å². The van der Waals surface area contributed by atoms with Crippen molar-refractivity contribution in [1.29, 1.82) is 0 Å². The Bertz CT molecular complexity index is 582. The number of thiazole rings is 1. The first kappa shape index (κ1) is 13.7. The smallest absolute Gasteiger partial charge is 0.193 e. The molecule has 0 bridgehead atoms. The van der Waals surface area contributed by atoms with Crippen LogP contribution in [0.4, 0.5) is 0 Å². The van der Waals surface area contributed by atoms with Crippen LogP contribution in [0.15, 0.2) is 17.8 Å². The van der Waals surface area contributed by atoms with Gasteiger partial charge in [-0.2, -0.15) is 0 Å². The SMILES string of the molecule is CC(C)(C(=O)Cc1cn2ccsc2n1)N1CCOCC1. The molecule has 0 radical (unpaired) electrons. The second-order valence-corrected chi connectivity index (χ2v) is 6.46. The summed E-state index contributed by atoms with van der Waals surface area (Å²) in [6.07, 6.45) is 4.30. The summed E-state index contributed by atoms with van der Waals surface area (Å²) in [7, 11) is 0. The maximum Gasteiger partial charge on any atom is 0.193 e. The Hall–Kier alpha value is -1.24. The number of rotatable bonds is 4. The highest BCUT2D eigenvalue weighted by atomic mass is 32.1. The van der Waals surface area contributed by atoms with Crippen LogP contribution in [0.25, 0.3) is 4.96 Å². The van der Waals surface area contributed by atoms with Crippen molar-refractivity contribution >= 4 is 22.1 Å². The molecule has 0 atom stereocenters. The van der Waals surface area contributed by atoms with Gasteiger partial charge in [-0.3, -0.25) is 14.1 Å². The van der Waals surface area contributed by atoms with Crippen molar-refractivity contribution in [2.75, 3.05) is 26.3 Å². The van der Waals surface area contributed by atoms with Gasteiger partial charge in [0.05, 0.1) is 30.9 Å². The lowest BCUT2D eigenvalue weighted by atomic mass is 9.93. The fraction of sp³-hybridized carbons (Fsp3) is 0.571. The van der Waals surface area contributed by atoms with Crippen LogP contribution in [-0.4, -0.2) is 51.9 Å². The predicted octanol–water partition coefficient (Wildman–Crippen LogP) is 1.62. The highest BCUT2D eigenvalue weighted by Gasteiger charge is 2.35. The molecule has 5 nitrogen and oxygen atoms in total. The number of hydrogen-bond donors (Lipinski definition) is 0. The zero-order chi connectivity index (χ0) is 14.2. The molecular weight excluding hydrogens is 274 g/mol. The Kier molecular flexibility index (Phi) is 3.62. The van der Waals surface area contributed by atoms with E-state index in [0.29, 0.717) is 19.6 Å². The number of aromatic nitrogens is 2. The molecular formula is C14H19N3O2S. The second-order valence-electron chi connectivity index (χ2n) is 5.58. The molecule has 1 fully saturated rings. The van der Waals surface area contributed by atoms with Crippen molar-refractivity contribution in [3.63, 3.8) is 0 Å². The first-order valence-corrected chi connectivity index (χ1v) is 7.72. The fourth-order valence-corrected chi connectivity index (χ4v) is 3.26. The standard InChI is InChI=1S/C14H19N3O2S/c1-14(2,17-3-6-19-7-4-17)12(18)9-11-10-16-5-8-20-13(16)15-11/h5,8,10H,3-4,6-7,9H2,1-2H3. The van der Waals surface area contributed by atoms with Gasteiger partial charge in [0, 0.05) is 30.9 Å². The Morgan fingerprint density at radius 3 is 2.90 bits per heavy atom. The number of carbonyl (C=O) groups is 1. The predicted molar refractivity (Wildman–Crippen MR) is 78.3 cm³/mol. The van der Waals surface area contributed by atoms with E-state index in [-0.39, 0.29) is 5.78 Å². The summed E-state index contributed by atoms with van der Waals surface area (Å²) in [5.41, 5.74) is 0.393. The maximum atomic E-state index is 12.6. The van der Waals surface area contributed by atoms with Crippen LogP contribution in [0.3, 0.4) is 0 Å². The third-order valence-electron chi connectivity index (χ3n) is 3.97. The first-order valence-electron chi connectivity index (χ1n) is 6.84. The monoisotopic (exact) mass is 293 g/mol. The lowest BCUT2D eigenvalue weighted by Gasteiger charge is -2.39. The van der Waals surface area contributed by atoms with E-state index in [2.05, 4.69) is 9.88 Å². The molecule has 2 aromatic heterocycles. The van der Waals surface area contributed by atoms with Crippen molar-refractivity contribution in [1.82, 2.24) is 14.3 Å². The Morgan fingerprint density at radius 1 is 1.45 bits per heavy atom. The lowest BCUT2D eigenvalue weighted by Crippen LogP contribution is -2.54. The highest BCUT2D eigenvalue weighted by molar-refractivity contribution is 7.15. The zero-order valence-corrected chi connectivity index (χ0v) is 12.7. The van der Waals surface area contributed by atoms with E-state index in [4.69, 9.17) is 4.74 Å². The third-order valence-corrected chi connectivity index (χ3v) is 4.74. The summed E-state index contributed by atoms with van der Waals surface area (Å²) in [6, 6.07) is 0. The fourth-order valence-electron chi connectivity index (χ4n) is 2.54. The molecule has 1 aliphatic heterocycles. The van der Waals surface area contributed by atoms with E-state index in [9.17, 15) is 4.79 Å². The minimum Gasteiger partial charge on any atom is -0.379 e. The van der Waals surface area contributed by atoms with Crippen molar-refractivity contribution in [2.45, 2.75) is 25.8 Å². The molecule has 0 aromatic carbocycles. The number of imidazole rings is 1. The van der Waals surface area contributed by atoms with Gasteiger partial charge in [0.25, 0.3) is 0 Å². The average Bonchev–Trinajstić information content (AvgIpc) is 3.00. The average molecular weight is 293 g/mol. The van der Waals surface area contributed by atoms with E-state index >= 15 is 0 Å². The Labute approximate surface area is 122 Å². The molecule has 3 heterocycles. The van der Waals surface area contributed by atoms with Crippen molar-refractivity contribution < 1.29 is 9.53 Å². The van der Waals surface area contributed by atoms with Crippen molar-refractivity contribution in [3.8, 4) is 0 Å². The molecule has 6 heteroatoms.